The first-order valence-corrected chi connectivity index (χ1v) is 9.27. The van der Waals surface area contributed by atoms with Crippen molar-refractivity contribution in [3.63, 3.8) is 0 Å². The molecular weight excluding hydrogens is 312 g/mol. The van der Waals surface area contributed by atoms with Gasteiger partial charge in [-0.2, -0.15) is 11.8 Å². The zero-order valence-electron chi connectivity index (χ0n) is 13.4. The fourth-order valence-corrected chi connectivity index (χ4v) is 4.36. The molecule has 0 saturated carbocycles. The highest BCUT2D eigenvalue weighted by Crippen LogP contribution is 2.31. The van der Waals surface area contributed by atoms with Crippen LogP contribution in [-0.2, 0) is 0 Å². The number of thioether (sulfide) groups is 1. The van der Waals surface area contributed by atoms with Gasteiger partial charge in [0, 0.05) is 24.8 Å². The third kappa shape index (κ3) is 3.44. The molecule has 3 atom stereocenters. The summed E-state index contributed by atoms with van der Waals surface area (Å²) in [5.41, 5.74) is 7.28. The average Bonchev–Trinajstić information content (AvgIpc) is 3.15. The standard InChI is InChI=1S/C15H24N6OS/c1-2-3-4-23-7-11(10-5-17-6-12(10)22)21-9-20-13-14(16)18-8-19-15(13)21/h8-12,17,22H,2-7H2,1H3,(H2,16,18,19)/t10-,11?,12-/m0/s1. The minimum absolute atomic E-state index is 0.140. The quantitative estimate of drug-likeness (QED) is 0.650. The number of fused-ring (bicyclic) bond motifs is 1. The van der Waals surface area contributed by atoms with E-state index in [0.717, 1.165) is 23.7 Å². The minimum atomic E-state index is -0.344. The van der Waals surface area contributed by atoms with Crippen LogP contribution in [0, 0.1) is 5.92 Å². The maximum Gasteiger partial charge on any atom is 0.165 e. The van der Waals surface area contributed by atoms with Gasteiger partial charge in [-0.25, -0.2) is 15.0 Å². The van der Waals surface area contributed by atoms with Crippen molar-refractivity contribution in [1.29, 1.82) is 0 Å². The Morgan fingerprint density at radius 3 is 3.04 bits per heavy atom. The molecular formula is C15H24N6OS. The maximum absolute atomic E-state index is 10.3. The highest BCUT2D eigenvalue weighted by Gasteiger charge is 2.34. The number of nitrogen functional groups attached to an aromatic ring is 1. The molecule has 0 aliphatic carbocycles. The normalized spacial score (nSPS) is 22.7. The number of aromatic nitrogens is 4. The van der Waals surface area contributed by atoms with Gasteiger partial charge in [0.05, 0.1) is 18.5 Å². The summed E-state index contributed by atoms with van der Waals surface area (Å²) >= 11 is 1.92. The topological polar surface area (TPSA) is 102 Å². The molecule has 8 heteroatoms. The maximum atomic E-state index is 10.3. The SMILES string of the molecule is CCCCSCC([C@@H]1CNC[C@@H]1O)n1cnc2c(N)ncnc21. The Morgan fingerprint density at radius 2 is 2.30 bits per heavy atom. The van der Waals surface area contributed by atoms with Crippen LogP contribution in [0.1, 0.15) is 25.8 Å². The number of aliphatic hydroxyl groups is 1. The summed E-state index contributed by atoms with van der Waals surface area (Å²) in [4.78, 5) is 12.7. The van der Waals surface area contributed by atoms with Crippen molar-refractivity contribution in [1.82, 2.24) is 24.8 Å². The number of β-amino-alcohol motifs (C(OH)–C–C–N with tert-alkyl or cyclic N) is 1. The van der Waals surface area contributed by atoms with Crippen LogP contribution in [0.15, 0.2) is 12.7 Å². The molecule has 23 heavy (non-hydrogen) atoms. The molecule has 1 saturated heterocycles. The summed E-state index contributed by atoms with van der Waals surface area (Å²) in [6, 6.07) is 0.140. The summed E-state index contributed by atoms with van der Waals surface area (Å²) in [5, 5.41) is 13.6. The molecule has 2 aromatic heterocycles. The second-order valence-electron chi connectivity index (χ2n) is 5.97. The Hall–Kier alpha value is -1.38. The largest absolute Gasteiger partial charge is 0.391 e. The fourth-order valence-electron chi connectivity index (χ4n) is 3.05. The molecule has 0 bridgehead atoms. The number of unbranched alkanes of at least 4 members (excludes halogenated alkanes) is 1. The average molecular weight is 336 g/mol. The van der Waals surface area contributed by atoms with Gasteiger partial charge in [0.2, 0.25) is 0 Å². The van der Waals surface area contributed by atoms with Gasteiger partial charge in [-0.15, -0.1) is 0 Å². The molecule has 7 nitrogen and oxygen atoms in total. The van der Waals surface area contributed by atoms with E-state index in [1.165, 1.54) is 19.2 Å². The molecule has 0 spiro atoms. The highest BCUT2D eigenvalue weighted by atomic mass is 32.2. The van der Waals surface area contributed by atoms with Crippen molar-refractivity contribution < 1.29 is 5.11 Å². The van der Waals surface area contributed by atoms with Crippen LogP contribution in [0.5, 0.6) is 0 Å². The first kappa shape index (κ1) is 16.5. The molecule has 1 aliphatic rings. The van der Waals surface area contributed by atoms with Crippen LogP contribution < -0.4 is 11.1 Å². The zero-order chi connectivity index (χ0) is 16.2. The summed E-state index contributed by atoms with van der Waals surface area (Å²) < 4.78 is 2.06. The number of rotatable bonds is 7. The molecule has 0 amide bonds. The van der Waals surface area contributed by atoms with Crippen LogP contribution in [0.4, 0.5) is 5.82 Å². The highest BCUT2D eigenvalue weighted by molar-refractivity contribution is 7.99. The van der Waals surface area contributed by atoms with E-state index in [0.29, 0.717) is 17.9 Å². The summed E-state index contributed by atoms with van der Waals surface area (Å²) in [6.45, 7) is 3.65. The van der Waals surface area contributed by atoms with Gasteiger partial charge in [0.15, 0.2) is 11.5 Å². The Morgan fingerprint density at radius 1 is 1.43 bits per heavy atom. The number of anilines is 1. The molecule has 0 aromatic carbocycles. The number of nitrogens with one attached hydrogen (secondary N) is 1. The Labute approximate surface area is 140 Å². The summed E-state index contributed by atoms with van der Waals surface area (Å²) in [5.74, 6) is 2.61. The summed E-state index contributed by atoms with van der Waals surface area (Å²) in [7, 11) is 0. The van der Waals surface area contributed by atoms with E-state index in [2.05, 4.69) is 31.8 Å². The van der Waals surface area contributed by atoms with Crippen LogP contribution in [0.25, 0.3) is 11.2 Å². The lowest BCUT2D eigenvalue weighted by molar-refractivity contribution is 0.122. The van der Waals surface area contributed by atoms with E-state index in [9.17, 15) is 5.11 Å². The van der Waals surface area contributed by atoms with Crippen molar-refractivity contribution in [3.05, 3.63) is 12.7 Å². The molecule has 3 heterocycles. The van der Waals surface area contributed by atoms with E-state index < -0.39 is 0 Å². The van der Waals surface area contributed by atoms with E-state index in [4.69, 9.17) is 5.73 Å². The molecule has 3 rings (SSSR count). The van der Waals surface area contributed by atoms with E-state index >= 15 is 0 Å². The number of hydrogen-bond donors (Lipinski definition) is 3. The van der Waals surface area contributed by atoms with Gasteiger partial charge in [-0.05, 0) is 12.2 Å². The second-order valence-corrected chi connectivity index (χ2v) is 7.12. The van der Waals surface area contributed by atoms with Gasteiger partial charge in [0.1, 0.15) is 11.8 Å². The fraction of sp³-hybridized carbons (Fsp3) is 0.667. The van der Waals surface area contributed by atoms with Crippen molar-refractivity contribution in [2.45, 2.75) is 31.9 Å². The van der Waals surface area contributed by atoms with Crippen molar-refractivity contribution in [2.24, 2.45) is 5.92 Å². The summed E-state index contributed by atoms with van der Waals surface area (Å²) in [6.07, 6.45) is 5.32. The van der Waals surface area contributed by atoms with E-state index in [1.54, 1.807) is 6.33 Å². The van der Waals surface area contributed by atoms with Gasteiger partial charge >= 0.3 is 0 Å². The lowest BCUT2D eigenvalue weighted by Crippen LogP contribution is -2.30. The molecule has 126 valence electrons. The van der Waals surface area contributed by atoms with Gasteiger partial charge in [-0.1, -0.05) is 13.3 Å². The monoisotopic (exact) mass is 336 g/mol. The number of imidazole rings is 1. The molecule has 1 unspecified atom stereocenters. The van der Waals surface area contributed by atoms with Crippen molar-refractivity contribution in [3.8, 4) is 0 Å². The number of aliphatic hydroxyl groups excluding tert-OH is 1. The Kier molecular flexibility index (Phi) is 5.34. The van der Waals surface area contributed by atoms with Crippen molar-refractivity contribution in [2.75, 3.05) is 30.3 Å². The Balaban J connectivity index is 1.88. The third-order valence-electron chi connectivity index (χ3n) is 4.40. The molecule has 1 aliphatic heterocycles. The third-order valence-corrected chi connectivity index (χ3v) is 5.55. The zero-order valence-corrected chi connectivity index (χ0v) is 14.2. The number of nitrogens with two attached hydrogens (primary N) is 1. The smallest absolute Gasteiger partial charge is 0.165 e. The van der Waals surface area contributed by atoms with E-state index in [1.807, 2.05) is 11.8 Å². The molecule has 2 aromatic rings. The Bertz CT molecular complexity index is 648. The van der Waals surface area contributed by atoms with Gasteiger partial charge in [0.25, 0.3) is 0 Å². The first-order chi connectivity index (χ1) is 11.2. The molecule has 0 radical (unpaired) electrons. The van der Waals surface area contributed by atoms with Crippen molar-refractivity contribution >= 4 is 28.7 Å². The van der Waals surface area contributed by atoms with Crippen LogP contribution in [0.3, 0.4) is 0 Å². The lowest BCUT2D eigenvalue weighted by Gasteiger charge is -2.26. The number of hydrogen-bond acceptors (Lipinski definition) is 7. The van der Waals surface area contributed by atoms with Gasteiger partial charge in [-0.3, -0.25) is 0 Å². The first-order valence-electron chi connectivity index (χ1n) is 8.12. The predicted molar refractivity (Wildman–Crippen MR) is 93.4 cm³/mol. The van der Waals surface area contributed by atoms with Crippen LogP contribution in [-0.4, -0.2) is 55.3 Å². The minimum Gasteiger partial charge on any atom is -0.391 e. The van der Waals surface area contributed by atoms with Crippen LogP contribution >= 0.6 is 11.8 Å². The molecule has 1 fully saturated rings. The lowest BCUT2D eigenvalue weighted by atomic mass is 9.97. The van der Waals surface area contributed by atoms with Gasteiger partial charge < -0.3 is 20.7 Å². The molecule has 4 N–H and O–H groups in total. The predicted octanol–water partition coefficient (Wildman–Crippen LogP) is 1.06. The second kappa shape index (κ2) is 7.46. The number of nitrogens with zero attached hydrogens (tertiary/aromatic N) is 4. The van der Waals surface area contributed by atoms with Crippen LogP contribution in [0.2, 0.25) is 0 Å². The van der Waals surface area contributed by atoms with E-state index in [-0.39, 0.29) is 18.1 Å².